The number of nitrogens with one attached hydrogen (secondary N) is 2. The van der Waals surface area contributed by atoms with E-state index in [0.29, 0.717) is 5.69 Å². The number of anilines is 2. The number of carbonyl (C=O) groups excluding carboxylic acids is 2. The number of rotatable bonds is 5. The van der Waals surface area contributed by atoms with Gasteiger partial charge in [-0.05, 0) is 57.2 Å². The smallest absolute Gasteiger partial charge is 0.412 e. The number of para-hydroxylation sites is 1. The highest BCUT2D eigenvalue weighted by molar-refractivity contribution is 7.91. The molecule has 2 amide bonds. The fourth-order valence-corrected chi connectivity index (χ4v) is 3.12. The van der Waals surface area contributed by atoms with Crippen LogP contribution in [0.5, 0.6) is 0 Å². The van der Waals surface area contributed by atoms with E-state index in [1.807, 2.05) is 0 Å². The zero-order chi connectivity index (χ0) is 21.8. The van der Waals surface area contributed by atoms with Crippen LogP contribution >= 0.6 is 0 Å². The molecule has 0 saturated carbocycles. The van der Waals surface area contributed by atoms with E-state index in [1.165, 1.54) is 42.5 Å². The number of halogens is 2. The van der Waals surface area contributed by atoms with E-state index in [-0.39, 0.29) is 11.3 Å². The molecule has 29 heavy (non-hydrogen) atoms. The van der Waals surface area contributed by atoms with Gasteiger partial charge in [0.05, 0.1) is 10.6 Å². The van der Waals surface area contributed by atoms with Crippen LogP contribution < -0.4 is 10.6 Å². The number of ether oxygens (including phenoxy) is 1. The monoisotopic (exact) mass is 426 g/mol. The van der Waals surface area contributed by atoms with Gasteiger partial charge >= 0.3 is 11.9 Å². The van der Waals surface area contributed by atoms with E-state index in [9.17, 15) is 26.8 Å². The summed E-state index contributed by atoms with van der Waals surface area (Å²) < 4.78 is 54.3. The summed E-state index contributed by atoms with van der Waals surface area (Å²) in [6, 6.07) is 10.5. The van der Waals surface area contributed by atoms with Crippen molar-refractivity contribution < 1.29 is 31.5 Å². The lowest BCUT2D eigenvalue weighted by Gasteiger charge is -2.19. The van der Waals surface area contributed by atoms with E-state index in [0.717, 1.165) is 6.07 Å². The van der Waals surface area contributed by atoms with Gasteiger partial charge in [-0.2, -0.15) is 8.78 Å². The van der Waals surface area contributed by atoms with Crippen LogP contribution in [0.25, 0.3) is 0 Å². The second kappa shape index (κ2) is 8.56. The molecule has 0 atom stereocenters. The van der Waals surface area contributed by atoms with Crippen molar-refractivity contribution in [3.8, 4) is 0 Å². The third-order valence-corrected chi connectivity index (χ3v) is 4.91. The zero-order valence-corrected chi connectivity index (χ0v) is 16.7. The first-order valence-corrected chi connectivity index (χ1v) is 9.97. The molecule has 0 radical (unpaired) electrons. The van der Waals surface area contributed by atoms with E-state index in [4.69, 9.17) is 4.74 Å². The van der Waals surface area contributed by atoms with Crippen LogP contribution in [0.1, 0.15) is 31.1 Å². The summed E-state index contributed by atoms with van der Waals surface area (Å²) in [5.41, 5.74) is -0.426. The summed E-state index contributed by atoms with van der Waals surface area (Å²) in [4.78, 5) is 23.4. The lowest BCUT2D eigenvalue weighted by Crippen LogP contribution is -2.27. The first kappa shape index (κ1) is 22.3. The van der Waals surface area contributed by atoms with Gasteiger partial charge in [-0.15, -0.1) is 0 Å². The number of hydrogen-bond acceptors (Lipinski definition) is 5. The van der Waals surface area contributed by atoms with Crippen LogP contribution in [-0.4, -0.2) is 31.8 Å². The lowest BCUT2D eigenvalue weighted by molar-refractivity contribution is 0.0635. The molecule has 0 aliphatic rings. The van der Waals surface area contributed by atoms with Gasteiger partial charge < -0.3 is 10.1 Å². The average molecular weight is 426 g/mol. The fourth-order valence-electron chi connectivity index (χ4n) is 2.23. The maximum atomic E-state index is 12.8. The van der Waals surface area contributed by atoms with Crippen LogP contribution in [0.15, 0.2) is 53.4 Å². The van der Waals surface area contributed by atoms with Crippen molar-refractivity contribution in [3.63, 3.8) is 0 Å². The second-order valence-electron chi connectivity index (χ2n) is 6.96. The SMILES string of the molecule is CC(C)(C)OC(=O)Nc1ccc(C(=O)Nc2ccccc2S(=O)(=O)C(F)F)cc1. The Balaban J connectivity index is 2.14. The Bertz CT molecular complexity index is 1000. The standard InChI is InChI=1S/C19H20F2N2O5S/c1-19(2,3)28-18(25)22-13-10-8-12(9-11-13)16(24)23-14-6-4-5-7-15(14)29(26,27)17(20)21/h4-11,17H,1-3H3,(H,22,25)(H,23,24). The van der Waals surface area contributed by atoms with Crippen molar-refractivity contribution in [2.75, 3.05) is 10.6 Å². The average Bonchev–Trinajstić information content (AvgIpc) is 2.60. The van der Waals surface area contributed by atoms with Crippen molar-refractivity contribution in [2.24, 2.45) is 0 Å². The summed E-state index contributed by atoms with van der Waals surface area (Å²) in [6.07, 6.45) is -0.666. The third-order valence-electron chi connectivity index (χ3n) is 3.47. The third kappa shape index (κ3) is 5.98. The number of alkyl halides is 2. The van der Waals surface area contributed by atoms with Gasteiger partial charge in [0.2, 0.25) is 9.84 Å². The molecular weight excluding hydrogens is 406 g/mol. The molecule has 7 nitrogen and oxygen atoms in total. The van der Waals surface area contributed by atoms with Crippen LogP contribution in [0.2, 0.25) is 0 Å². The fraction of sp³-hybridized carbons (Fsp3) is 0.263. The minimum absolute atomic E-state index is 0.129. The quantitative estimate of drug-likeness (QED) is 0.743. The molecule has 0 spiro atoms. The molecule has 0 bridgehead atoms. The number of benzene rings is 2. The molecule has 0 heterocycles. The zero-order valence-electron chi connectivity index (χ0n) is 15.9. The predicted molar refractivity (Wildman–Crippen MR) is 104 cm³/mol. The van der Waals surface area contributed by atoms with E-state index in [1.54, 1.807) is 20.8 Å². The number of sulfone groups is 1. The van der Waals surface area contributed by atoms with Gasteiger partial charge in [0.15, 0.2) is 0 Å². The summed E-state index contributed by atoms with van der Waals surface area (Å²) in [5, 5.41) is 4.82. The number of hydrogen-bond donors (Lipinski definition) is 2. The van der Waals surface area contributed by atoms with Crippen LogP contribution in [0.4, 0.5) is 25.0 Å². The Morgan fingerprint density at radius 3 is 2.10 bits per heavy atom. The lowest BCUT2D eigenvalue weighted by atomic mass is 10.2. The summed E-state index contributed by atoms with van der Waals surface area (Å²) >= 11 is 0. The molecular formula is C19H20F2N2O5S. The molecule has 0 aliphatic heterocycles. The second-order valence-corrected chi connectivity index (χ2v) is 8.85. The van der Waals surface area contributed by atoms with Crippen molar-refractivity contribution >= 4 is 33.2 Å². The molecule has 2 N–H and O–H groups in total. The Kier molecular flexibility index (Phi) is 6.58. The van der Waals surface area contributed by atoms with E-state index in [2.05, 4.69) is 10.6 Å². The highest BCUT2D eigenvalue weighted by Gasteiger charge is 2.29. The minimum Gasteiger partial charge on any atom is -0.444 e. The van der Waals surface area contributed by atoms with Gasteiger partial charge in [-0.25, -0.2) is 13.2 Å². The van der Waals surface area contributed by atoms with E-state index >= 15 is 0 Å². The van der Waals surface area contributed by atoms with Gasteiger partial charge in [0.1, 0.15) is 5.60 Å². The van der Waals surface area contributed by atoms with Crippen LogP contribution in [0.3, 0.4) is 0 Å². The number of amides is 2. The summed E-state index contributed by atoms with van der Waals surface area (Å²) in [7, 11) is -4.88. The Morgan fingerprint density at radius 2 is 1.55 bits per heavy atom. The molecule has 2 aromatic carbocycles. The van der Waals surface area contributed by atoms with Gasteiger partial charge in [0, 0.05) is 11.3 Å². The molecule has 156 valence electrons. The molecule has 0 aliphatic carbocycles. The molecule has 0 fully saturated rings. The van der Waals surface area contributed by atoms with Gasteiger partial charge in [-0.3, -0.25) is 10.1 Å². The van der Waals surface area contributed by atoms with Gasteiger partial charge in [0.25, 0.3) is 5.91 Å². The Labute approximate surface area is 167 Å². The summed E-state index contributed by atoms with van der Waals surface area (Å²) in [6.45, 7) is 5.14. The normalized spacial score (nSPS) is 11.8. The Morgan fingerprint density at radius 1 is 0.966 bits per heavy atom. The topological polar surface area (TPSA) is 102 Å². The van der Waals surface area contributed by atoms with Crippen molar-refractivity contribution in [2.45, 2.75) is 37.0 Å². The first-order valence-electron chi connectivity index (χ1n) is 8.42. The molecule has 2 rings (SSSR count). The Hall–Kier alpha value is -3.01. The van der Waals surface area contributed by atoms with Crippen molar-refractivity contribution in [1.29, 1.82) is 0 Å². The molecule has 10 heteroatoms. The maximum Gasteiger partial charge on any atom is 0.412 e. The highest BCUT2D eigenvalue weighted by Crippen LogP contribution is 2.26. The van der Waals surface area contributed by atoms with Crippen LogP contribution in [-0.2, 0) is 14.6 Å². The van der Waals surface area contributed by atoms with Crippen LogP contribution in [0, 0.1) is 0 Å². The highest BCUT2D eigenvalue weighted by atomic mass is 32.2. The molecule has 0 aromatic heterocycles. The van der Waals surface area contributed by atoms with Gasteiger partial charge in [-0.1, -0.05) is 12.1 Å². The predicted octanol–water partition coefficient (Wildman–Crippen LogP) is 4.28. The minimum atomic E-state index is -4.88. The van der Waals surface area contributed by atoms with E-state index < -0.39 is 38.1 Å². The summed E-state index contributed by atoms with van der Waals surface area (Å²) in [5.74, 6) is -4.32. The number of carbonyl (C=O) groups is 2. The first-order chi connectivity index (χ1) is 13.4. The largest absolute Gasteiger partial charge is 0.444 e. The maximum absolute atomic E-state index is 12.8. The van der Waals surface area contributed by atoms with Crippen molar-refractivity contribution in [1.82, 2.24) is 0 Å². The molecule has 2 aromatic rings. The van der Waals surface area contributed by atoms with Crippen molar-refractivity contribution in [3.05, 3.63) is 54.1 Å². The molecule has 0 saturated heterocycles. The molecule has 0 unspecified atom stereocenters.